The lowest BCUT2D eigenvalue weighted by Crippen LogP contribution is -2.34. The van der Waals surface area contributed by atoms with Gasteiger partial charge in [-0.1, -0.05) is 19.1 Å². The molecule has 0 aliphatic carbocycles. The number of nitrogens with two attached hydrogens (primary N) is 1. The lowest BCUT2D eigenvalue weighted by molar-refractivity contribution is 0.249. The Labute approximate surface area is 125 Å². The molecule has 1 fully saturated rings. The monoisotopic (exact) mass is 295 g/mol. The van der Waals surface area contributed by atoms with E-state index in [0.717, 1.165) is 18.7 Å². The Balaban J connectivity index is 2.11. The van der Waals surface area contributed by atoms with Gasteiger partial charge in [-0.15, -0.1) is 0 Å². The van der Waals surface area contributed by atoms with E-state index >= 15 is 0 Å². The van der Waals surface area contributed by atoms with Crippen molar-refractivity contribution in [3.05, 3.63) is 35.1 Å². The molecule has 2 unspecified atom stereocenters. The number of likely N-dealkylation sites (tertiary alicyclic amines) is 1. The summed E-state index contributed by atoms with van der Waals surface area (Å²) in [5.41, 5.74) is 7.01. The van der Waals surface area contributed by atoms with Crippen LogP contribution in [0.4, 0.5) is 4.39 Å². The van der Waals surface area contributed by atoms with Crippen LogP contribution in [0.25, 0.3) is 0 Å². The molecule has 1 aliphatic rings. The summed E-state index contributed by atoms with van der Waals surface area (Å²) < 4.78 is 13.9. The average molecular weight is 295 g/mol. The Kier molecular flexibility index (Phi) is 4.73. The van der Waals surface area contributed by atoms with E-state index < -0.39 is 0 Å². The van der Waals surface area contributed by atoms with Gasteiger partial charge < -0.3 is 10.6 Å². The van der Waals surface area contributed by atoms with Gasteiger partial charge in [0.1, 0.15) is 10.8 Å². The van der Waals surface area contributed by atoms with E-state index in [1.807, 2.05) is 0 Å². The first-order valence-electron chi connectivity index (χ1n) is 6.85. The minimum atomic E-state index is -0.189. The summed E-state index contributed by atoms with van der Waals surface area (Å²) in [5, 5.41) is 0. The third-order valence-electron chi connectivity index (χ3n) is 4.04. The third-order valence-corrected chi connectivity index (χ3v) is 4.27. The van der Waals surface area contributed by atoms with Crippen LogP contribution in [0, 0.1) is 11.7 Å². The van der Waals surface area contributed by atoms with Crippen molar-refractivity contribution in [3.63, 3.8) is 0 Å². The first-order chi connectivity index (χ1) is 9.38. The van der Waals surface area contributed by atoms with Crippen molar-refractivity contribution in [2.45, 2.75) is 19.5 Å². The molecule has 1 aliphatic heterocycles. The zero-order valence-corrected chi connectivity index (χ0v) is 13.1. The maximum atomic E-state index is 13.9. The molecule has 0 aromatic heterocycles. The molecule has 0 saturated carbocycles. The van der Waals surface area contributed by atoms with Crippen LogP contribution in [0.3, 0.4) is 0 Å². The second-order valence-corrected chi connectivity index (χ2v) is 6.31. The third kappa shape index (κ3) is 3.34. The molecule has 0 amide bonds. The van der Waals surface area contributed by atoms with E-state index in [4.69, 9.17) is 18.0 Å². The van der Waals surface area contributed by atoms with E-state index in [9.17, 15) is 4.39 Å². The van der Waals surface area contributed by atoms with Crippen molar-refractivity contribution in [1.82, 2.24) is 9.80 Å². The summed E-state index contributed by atoms with van der Waals surface area (Å²) in [4.78, 5) is 4.84. The fourth-order valence-electron chi connectivity index (χ4n) is 2.94. The van der Waals surface area contributed by atoms with Gasteiger partial charge in [-0.2, -0.15) is 0 Å². The van der Waals surface area contributed by atoms with Crippen molar-refractivity contribution in [2.24, 2.45) is 11.7 Å². The highest BCUT2D eigenvalue weighted by atomic mass is 32.1. The highest BCUT2D eigenvalue weighted by Gasteiger charge is 2.31. The average Bonchev–Trinajstić information content (AvgIpc) is 2.73. The molecule has 0 bridgehead atoms. The number of nitrogens with zero attached hydrogens (tertiary/aromatic N) is 2. The molecule has 1 saturated heterocycles. The number of hydrogen-bond donors (Lipinski definition) is 1. The Morgan fingerprint density at radius 1 is 1.45 bits per heavy atom. The lowest BCUT2D eigenvalue weighted by atomic mass is 10.1. The van der Waals surface area contributed by atoms with Crippen LogP contribution in [0.1, 0.15) is 18.1 Å². The van der Waals surface area contributed by atoms with Crippen LogP contribution in [-0.4, -0.2) is 48.0 Å². The molecular formula is C15H22FN3S. The van der Waals surface area contributed by atoms with Crippen molar-refractivity contribution in [3.8, 4) is 0 Å². The summed E-state index contributed by atoms with van der Waals surface area (Å²) in [6.07, 6.45) is 0. The minimum absolute atomic E-state index is 0.189. The van der Waals surface area contributed by atoms with Crippen LogP contribution in [0.5, 0.6) is 0 Å². The predicted octanol–water partition coefficient (Wildman–Crippen LogP) is 1.84. The van der Waals surface area contributed by atoms with Gasteiger partial charge in [0.2, 0.25) is 0 Å². The van der Waals surface area contributed by atoms with Gasteiger partial charge in [0.05, 0.1) is 0 Å². The van der Waals surface area contributed by atoms with Crippen LogP contribution in [0.15, 0.2) is 18.2 Å². The van der Waals surface area contributed by atoms with Gasteiger partial charge >= 0.3 is 0 Å². The van der Waals surface area contributed by atoms with Gasteiger partial charge in [-0.05, 0) is 38.2 Å². The van der Waals surface area contributed by atoms with Crippen LogP contribution >= 0.6 is 12.2 Å². The number of thiocarbonyl (C=S) groups is 1. The van der Waals surface area contributed by atoms with Crippen LogP contribution in [-0.2, 0) is 6.54 Å². The SMILES string of the molecule is CC1CN(Cc2cc(C(N)=S)ccc2F)CC1N(C)C. The lowest BCUT2D eigenvalue weighted by Gasteiger charge is -2.22. The van der Waals surface area contributed by atoms with Crippen molar-refractivity contribution >= 4 is 17.2 Å². The Morgan fingerprint density at radius 2 is 2.15 bits per heavy atom. The van der Waals surface area contributed by atoms with Crippen LogP contribution in [0.2, 0.25) is 0 Å². The smallest absolute Gasteiger partial charge is 0.127 e. The molecule has 1 aromatic carbocycles. The molecule has 0 radical (unpaired) electrons. The highest BCUT2D eigenvalue weighted by Crippen LogP contribution is 2.23. The molecule has 3 nitrogen and oxygen atoms in total. The Hall–Kier alpha value is -1.04. The minimum Gasteiger partial charge on any atom is -0.389 e. The summed E-state index contributed by atoms with van der Waals surface area (Å²) in [6.45, 7) is 4.80. The van der Waals surface area contributed by atoms with Gasteiger partial charge in [0, 0.05) is 36.8 Å². The fourth-order valence-corrected chi connectivity index (χ4v) is 3.07. The number of halogens is 1. The summed E-state index contributed by atoms with van der Waals surface area (Å²) in [7, 11) is 4.19. The first kappa shape index (κ1) is 15.4. The maximum absolute atomic E-state index is 13.9. The molecule has 2 rings (SSSR count). The maximum Gasteiger partial charge on any atom is 0.127 e. The Morgan fingerprint density at radius 3 is 2.70 bits per heavy atom. The van der Waals surface area contributed by atoms with Crippen molar-refractivity contribution in [1.29, 1.82) is 0 Å². The zero-order chi connectivity index (χ0) is 14.9. The summed E-state index contributed by atoms with van der Waals surface area (Å²) in [5.74, 6) is 0.401. The molecule has 1 aromatic rings. The van der Waals surface area contributed by atoms with E-state index in [0.29, 0.717) is 29.1 Å². The molecule has 5 heteroatoms. The molecule has 20 heavy (non-hydrogen) atoms. The zero-order valence-electron chi connectivity index (χ0n) is 12.3. The van der Waals surface area contributed by atoms with E-state index in [1.54, 1.807) is 12.1 Å². The van der Waals surface area contributed by atoms with Gasteiger partial charge in [0.25, 0.3) is 0 Å². The van der Waals surface area contributed by atoms with Crippen molar-refractivity contribution < 1.29 is 4.39 Å². The molecule has 2 atom stereocenters. The van der Waals surface area contributed by atoms with Gasteiger partial charge in [-0.25, -0.2) is 4.39 Å². The molecular weight excluding hydrogens is 273 g/mol. The molecule has 110 valence electrons. The fraction of sp³-hybridized carbons (Fsp3) is 0.533. The number of likely N-dealkylation sites (N-methyl/N-ethyl adjacent to an activating group) is 1. The topological polar surface area (TPSA) is 32.5 Å². The largest absolute Gasteiger partial charge is 0.389 e. The van der Waals surface area contributed by atoms with Gasteiger partial charge in [-0.3, -0.25) is 4.90 Å². The second-order valence-electron chi connectivity index (χ2n) is 5.87. The molecule has 2 N–H and O–H groups in total. The summed E-state index contributed by atoms with van der Waals surface area (Å²) in [6, 6.07) is 5.38. The first-order valence-corrected chi connectivity index (χ1v) is 7.26. The highest BCUT2D eigenvalue weighted by molar-refractivity contribution is 7.80. The standard InChI is InChI=1S/C15H22FN3S/c1-10-7-19(9-14(10)18(2)3)8-12-6-11(15(17)20)4-5-13(12)16/h4-6,10,14H,7-9H2,1-3H3,(H2,17,20). The molecule has 1 heterocycles. The molecule has 0 spiro atoms. The van der Waals surface area contributed by atoms with E-state index in [1.165, 1.54) is 6.07 Å². The predicted molar refractivity (Wildman–Crippen MR) is 84.2 cm³/mol. The number of hydrogen-bond acceptors (Lipinski definition) is 3. The quantitative estimate of drug-likeness (QED) is 0.859. The van der Waals surface area contributed by atoms with Gasteiger partial charge in [0.15, 0.2) is 0 Å². The summed E-state index contributed by atoms with van der Waals surface area (Å²) >= 11 is 4.95. The normalized spacial score (nSPS) is 23.4. The number of benzene rings is 1. The number of rotatable bonds is 4. The Bertz CT molecular complexity index is 504. The van der Waals surface area contributed by atoms with E-state index in [2.05, 4.69) is 30.8 Å². The van der Waals surface area contributed by atoms with Crippen molar-refractivity contribution in [2.75, 3.05) is 27.2 Å². The second kappa shape index (κ2) is 6.16. The van der Waals surface area contributed by atoms with E-state index in [-0.39, 0.29) is 5.82 Å². The van der Waals surface area contributed by atoms with Crippen LogP contribution < -0.4 is 5.73 Å².